The first-order valence-electron chi connectivity index (χ1n) is 10.8. The van der Waals surface area contributed by atoms with E-state index in [4.69, 9.17) is 5.73 Å². The standard InChI is InChI=1S/C20H40N3O5P/c1-13(2)17(21)19(25)23-18(14(3)4)20(26)22-10-16(24)12-29(27,28)11-15-8-6-5-7-9-15/h13-18,24H,5-12,21H2,1-4H3,(H,22,26)(H,23,25)(H,27,28)/t16-,17-,18+/m1/s1. The summed E-state index contributed by atoms with van der Waals surface area (Å²) >= 11 is 0. The highest BCUT2D eigenvalue weighted by Crippen LogP contribution is 2.45. The second-order valence-corrected chi connectivity index (χ2v) is 11.5. The molecule has 1 aliphatic rings. The van der Waals surface area contributed by atoms with Gasteiger partial charge in [0.15, 0.2) is 0 Å². The van der Waals surface area contributed by atoms with Gasteiger partial charge in [-0.05, 0) is 30.6 Å². The van der Waals surface area contributed by atoms with Crippen LogP contribution in [0.15, 0.2) is 0 Å². The Labute approximate surface area is 174 Å². The third-order valence-electron chi connectivity index (χ3n) is 5.54. The fourth-order valence-electron chi connectivity index (χ4n) is 3.66. The summed E-state index contributed by atoms with van der Waals surface area (Å²) in [6.07, 6.45) is 4.17. The normalized spacial score (nSPS) is 20.7. The van der Waals surface area contributed by atoms with Gasteiger partial charge in [0.25, 0.3) is 0 Å². The molecular weight excluding hydrogens is 393 g/mol. The first-order valence-corrected chi connectivity index (χ1v) is 12.8. The number of hydrogen-bond donors (Lipinski definition) is 5. The molecule has 0 aliphatic heterocycles. The van der Waals surface area contributed by atoms with Crippen molar-refractivity contribution in [3.63, 3.8) is 0 Å². The lowest BCUT2D eigenvalue weighted by Crippen LogP contribution is -2.55. The number of nitrogens with one attached hydrogen (secondary N) is 2. The lowest BCUT2D eigenvalue weighted by molar-refractivity contribution is -0.131. The molecule has 4 atom stereocenters. The van der Waals surface area contributed by atoms with E-state index in [9.17, 15) is 24.2 Å². The van der Waals surface area contributed by atoms with Crippen LogP contribution < -0.4 is 16.4 Å². The van der Waals surface area contributed by atoms with Crippen LogP contribution in [0.5, 0.6) is 0 Å². The zero-order chi connectivity index (χ0) is 22.2. The number of aliphatic hydroxyl groups excluding tert-OH is 1. The SMILES string of the molecule is CC(C)[C@H](NC(=O)[C@H](N)C(C)C)C(=O)NC[C@@H](O)CP(=O)(O)CC1CCCCC1. The highest BCUT2D eigenvalue weighted by atomic mass is 31.2. The summed E-state index contributed by atoms with van der Waals surface area (Å²) in [5, 5.41) is 15.4. The third kappa shape index (κ3) is 9.60. The van der Waals surface area contributed by atoms with E-state index in [1.54, 1.807) is 13.8 Å². The first kappa shape index (κ1) is 26.1. The molecule has 2 amide bonds. The molecule has 6 N–H and O–H groups in total. The smallest absolute Gasteiger partial charge is 0.242 e. The summed E-state index contributed by atoms with van der Waals surface area (Å²) in [5.41, 5.74) is 5.83. The van der Waals surface area contributed by atoms with Crippen molar-refractivity contribution in [2.24, 2.45) is 23.5 Å². The third-order valence-corrected chi connectivity index (χ3v) is 7.62. The van der Waals surface area contributed by atoms with Gasteiger partial charge < -0.3 is 26.4 Å². The van der Waals surface area contributed by atoms with Crippen molar-refractivity contribution in [1.29, 1.82) is 0 Å². The predicted octanol–water partition coefficient (Wildman–Crippen LogP) is 1.44. The fraction of sp³-hybridized carbons (Fsp3) is 0.900. The molecule has 8 nitrogen and oxygen atoms in total. The Morgan fingerprint density at radius 2 is 1.66 bits per heavy atom. The fourth-order valence-corrected chi connectivity index (χ4v) is 5.77. The number of amides is 2. The molecule has 1 fully saturated rings. The molecule has 0 aromatic carbocycles. The van der Waals surface area contributed by atoms with Gasteiger partial charge in [0.1, 0.15) is 6.04 Å². The summed E-state index contributed by atoms with van der Waals surface area (Å²) < 4.78 is 12.5. The summed E-state index contributed by atoms with van der Waals surface area (Å²) in [7, 11) is -3.45. The lowest BCUT2D eigenvalue weighted by atomic mass is 9.91. The molecule has 0 spiro atoms. The van der Waals surface area contributed by atoms with Crippen LogP contribution in [0.25, 0.3) is 0 Å². The second kappa shape index (κ2) is 12.0. The van der Waals surface area contributed by atoms with Gasteiger partial charge in [-0.15, -0.1) is 0 Å². The van der Waals surface area contributed by atoms with Crippen molar-refractivity contribution in [1.82, 2.24) is 10.6 Å². The number of carbonyl (C=O) groups excluding carboxylic acids is 2. The van der Waals surface area contributed by atoms with Crippen molar-refractivity contribution in [3.05, 3.63) is 0 Å². The van der Waals surface area contributed by atoms with Crippen molar-refractivity contribution >= 4 is 19.2 Å². The molecule has 0 aromatic rings. The van der Waals surface area contributed by atoms with Crippen LogP contribution >= 0.6 is 7.37 Å². The van der Waals surface area contributed by atoms with E-state index in [1.807, 2.05) is 13.8 Å². The van der Waals surface area contributed by atoms with Gasteiger partial charge in [-0.25, -0.2) is 0 Å². The number of nitrogens with two attached hydrogens (primary N) is 1. The highest BCUT2D eigenvalue weighted by Gasteiger charge is 2.30. The van der Waals surface area contributed by atoms with E-state index in [1.165, 1.54) is 6.42 Å². The number of carbonyl (C=O) groups is 2. The molecule has 170 valence electrons. The molecule has 1 unspecified atom stereocenters. The maximum atomic E-state index is 12.5. The number of hydrogen-bond acceptors (Lipinski definition) is 5. The molecule has 9 heteroatoms. The van der Waals surface area contributed by atoms with E-state index in [0.29, 0.717) is 0 Å². The van der Waals surface area contributed by atoms with Gasteiger partial charge in [-0.2, -0.15) is 0 Å². The molecule has 0 radical (unpaired) electrons. The number of aliphatic hydroxyl groups is 1. The first-order chi connectivity index (χ1) is 13.4. The lowest BCUT2D eigenvalue weighted by Gasteiger charge is -2.26. The minimum absolute atomic E-state index is 0.0597. The Morgan fingerprint density at radius 1 is 1.07 bits per heavy atom. The van der Waals surface area contributed by atoms with E-state index in [-0.39, 0.29) is 36.6 Å². The van der Waals surface area contributed by atoms with Crippen LogP contribution in [0.2, 0.25) is 0 Å². The molecule has 29 heavy (non-hydrogen) atoms. The minimum atomic E-state index is -3.45. The zero-order valence-electron chi connectivity index (χ0n) is 18.3. The molecule has 0 heterocycles. The maximum absolute atomic E-state index is 12.5. The molecule has 1 rings (SSSR count). The zero-order valence-corrected chi connectivity index (χ0v) is 19.2. The molecule has 0 bridgehead atoms. The summed E-state index contributed by atoms with van der Waals surface area (Å²) in [6.45, 7) is 7.11. The summed E-state index contributed by atoms with van der Waals surface area (Å²) in [5.74, 6) is -0.835. The van der Waals surface area contributed by atoms with Crippen molar-refractivity contribution in [2.45, 2.75) is 78.0 Å². The van der Waals surface area contributed by atoms with Crippen LogP contribution in [-0.4, -0.2) is 58.9 Å². The Kier molecular flexibility index (Phi) is 10.8. The van der Waals surface area contributed by atoms with E-state index < -0.39 is 37.4 Å². The van der Waals surface area contributed by atoms with Gasteiger partial charge in [0.05, 0.1) is 18.3 Å². The topological polar surface area (TPSA) is 142 Å². The van der Waals surface area contributed by atoms with Gasteiger partial charge in [-0.1, -0.05) is 47.0 Å². The molecule has 1 aliphatic carbocycles. The number of rotatable bonds is 11. The monoisotopic (exact) mass is 433 g/mol. The largest absolute Gasteiger partial charge is 0.391 e. The van der Waals surface area contributed by atoms with Crippen LogP contribution in [0.3, 0.4) is 0 Å². The molecule has 0 aromatic heterocycles. The average molecular weight is 434 g/mol. The van der Waals surface area contributed by atoms with Crippen molar-refractivity contribution < 1.29 is 24.2 Å². The van der Waals surface area contributed by atoms with Gasteiger partial charge in [0.2, 0.25) is 19.2 Å². The minimum Gasteiger partial charge on any atom is -0.391 e. The summed E-state index contributed by atoms with van der Waals surface area (Å²) in [6, 6.07) is -1.50. The second-order valence-electron chi connectivity index (χ2n) is 9.11. The van der Waals surface area contributed by atoms with E-state index in [0.717, 1.165) is 25.7 Å². The van der Waals surface area contributed by atoms with Gasteiger partial charge in [0, 0.05) is 12.7 Å². The Hall–Kier alpha value is -0.950. The average Bonchev–Trinajstić information content (AvgIpc) is 2.62. The van der Waals surface area contributed by atoms with Gasteiger partial charge in [-0.3, -0.25) is 14.2 Å². The van der Waals surface area contributed by atoms with Crippen molar-refractivity contribution in [2.75, 3.05) is 18.9 Å². The van der Waals surface area contributed by atoms with Crippen LogP contribution in [0.4, 0.5) is 0 Å². The van der Waals surface area contributed by atoms with Crippen LogP contribution in [-0.2, 0) is 14.2 Å². The predicted molar refractivity (Wildman–Crippen MR) is 115 cm³/mol. The van der Waals surface area contributed by atoms with E-state index >= 15 is 0 Å². The maximum Gasteiger partial charge on any atom is 0.242 e. The van der Waals surface area contributed by atoms with E-state index in [2.05, 4.69) is 10.6 Å². The van der Waals surface area contributed by atoms with Crippen LogP contribution in [0.1, 0.15) is 59.8 Å². The molecular formula is C20H40N3O5P. The van der Waals surface area contributed by atoms with Crippen LogP contribution in [0, 0.1) is 17.8 Å². The molecule has 0 saturated heterocycles. The Balaban J connectivity index is 2.52. The quantitative estimate of drug-likeness (QED) is 0.312. The Morgan fingerprint density at radius 3 is 2.17 bits per heavy atom. The highest BCUT2D eigenvalue weighted by molar-refractivity contribution is 7.58. The van der Waals surface area contributed by atoms with Gasteiger partial charge >= 0.3 is 0 Å². The van der Waals surface area contributed by atoms with Crippen molar-refractivity contribution in [3.8, 4) is 0 Å². The molecule has 1 saturated carbocycles. The summed E-state index contributed by atoms with van der Waals surface area (Å²) in [4.78, 5) is 34.9. The Bertz CT molecular complexity index is 578.